The fourth-order valence-electron chi connectivity index (χ4n) is 2.36. The zero-order chi connectivity index (χ0) is 15.6. The van der Waals surface area contributed by atoms with Crippen molar-refractivity contribution in [1.29, 1.82) is 0 Å². The van der Waals surface area contributed by atoms with Gasteiger partial charge >= 0.3 is 0 Å². The van der Waals surface area contributed by atoms with Crippen LogP contribution in [0.15, 0.2) is 28.8 Å². The Morgan fingerprint density at radius 3 is 2.67 bits per heavy atom. The summed E-state index contributed by atoms with van der Waals surface area (Å²) in [6, 6.07) is 4.76. The van der Waals surface area contributed by atoms with Gasteiger partial charge in [-0.05, 0) is 45.9 Å². The molecule has 2 rings (SSSR count). The van der Waals surface area contributed by atoms with Crippen LogP contribution < -0.4 is 5.32 Å². The molecule has 0 aromatic carbocycles. The molecule has 0 spiro atoms. The predicted molar refractivity (Wildman–Crippen MR) is 78.4 cm³/mol. The zero-order valence-corrected chi connectivity index (χ0v) is 12.8. The highest BCUT2D eigenvalue weighted by atomic mass is 19.1. The summed E-state index contributed by atoms with van der Waals surface area (Å²) >= 11 is 0. The molecule has 5 heteroatoms. The normalized spacial score (nSPS) is 15.7. The van der Waals surface area contributed by atoms with Gasteiger partial charge in [-0.2, -0.15) is 0 Å². The van der Waals surface area contributed by atoms with Gasteiger partial charge in [0.15, 0.2) is 0 Å². The molecule has 0 aliphatic heterocycles. The number of nitrogens with one attached hydrogen (secondary N) is 1. The Morgan fingerprint density at radius 1 is 1.43 bits per heavy atom. The molecule has 0 fully saturated rings. The van der Waals surface area contributed by atoms with Crippen molar-refractivity contribution in [2.45, 2.75) is 39.3 Å². The van der Waals surface area contributed by atoms with E-state index in [1.807, 2.05) is 26.8 Å². The lowest BCUT2D eigenvalue weighted by atomic mass is 9.96. The zero-order valence-electron chi connectivity index (χ0n) is 12.8. The van der Waals surface area contributed by atoms with Gasteiger partial charge in [-0.15, -0.1) is 0 Å². The number of hydrogen-bond acceptors (Lipinski definition) is 4. The van der Waals surface area contributed by atoms with Crippen molar-refractivity contribution >= 4 is 0 Å². The van der Waals surface area contributed by atoms with Crippen molar-refractivity contribution in [2.24, 2.45) is 0 Å². The number of aromatic nitrogens is 1. The van der Waals surface area contributed by atoms with Crippen LogP contribution in [0.4, 0.5) is 4.39 Å². The molecule has 0 aliphatic carbocycles. The summed E-state index contributed by atoms with van der Waals surface area (Å²) < 4.78 is 18.3. The van der Waals surface area contributed by atoms with Crippen LogP contribution in [0.5, 0.6) is 0 Å². The van der Waals surface area contributed by atoms with Crippen LogP contribution in [0, 0.1) is 19.7 Å². The number of hydrogen-bond donors (Lipinski definition) is 2. The SMILES string of the molecule is Cc1cc(C(C)(O)CNC(C)c2ccc(F)cn2)c(C)o1. The molecule has 0 radical (unpaired) electrons. The lowest BCUT2D eigenvalue weighted by molar-refractivity contribution is 0.0527. The van der Waals surface area contributed by atoms with Crippen molar-refractivity contribution in [1.82, 2.24) is 10.3 Å². The summed E-state index contributed by atoms with van der Waals surface area (Å²) in [6.07, 6.45) is 1.19. The Labute approximate surface area is 124 Å². The van der Waals surface area contributed by atoms with Crippen LogP contribution >= 0.6 is 0 Å². The minimum absolute atomic E-state index is 0.0922. The monoisotopic (exact) mass is 292 g/mol. The van der Waals surface area contributed by atoms with Crippen molar-refractivity contribution in [2.75, 3.05) is 6.54 Å². The molecule has 0 amide bonds. The van der Waals surface area contributed by atoms with Crippen LogP contribution in [-0.4, -0.2) is 16.6 Å². The first-order valence-electron chi connectivity index (χ1n) is 6.94. The minimum Gasteiger partial charge on any atom is -0.466 e. The van der Waals surface area contributed by atoms with Crippen molar-refractivity contribution in [3.8, 4) is 0 Å². The first-order valence-corrected chi connectivity index (χ1v) is 6.94. The van der Waals surface area contributed by atoms with E-state index in [-0.39, 0.29) is 11.9 Å². The Bertz CT molecular complexity index is 605. The second-order valence-corrected chi connectivity index (χ2v) is 5.60. The lowest BCUT2D eigenvalue weighted by Crippen LogP contribution is -2.37. The van der Waals surface area contributed by atoms with E-state index in [0.29, 0.717) is 12.3 Å². The number of rotatable bonds is 5. The number of furan rings is 1. The van der Waals surface area contributed by atoms with Crippen molar-refractivity contribution in [3.63, 3.8) is 0 Å². The number of aliphatic hydroxyl groups is 1. The molecule has 0 aliphatic rings. The lowest BCUT2D eigenvalue weighted by Gasteiger charge is -2.25. The molecule has 2 aromatic rings. The Kier molecular flexibility index (Phi) is 4.44. The van der Waals surface area contributed by atoms with Gasteiger partial charge in [0.1, 0.15) is 22.9 Å². The molecule has 0 saturated heterocycles. The van der Waals surface area contributed by atoms with Gasteiger partial charge in [0.05, 0.1) is 11.9 Å². The van der Waals surface area contributed by atoms with Crippen molar-refractivity contribution < 1.29 is 13.9 Å². The maximum absolute atomic E-state index is 12.9. The first kappa shape index (κ1) is 15.7. The van der Waals surface area contributed by atoms with Crippen molar-refractivity contribution in [3.05, 3.63) is 53.0 Å². The van der Waals surface area contributed by atoms with Gasteiger partial charge in [-0.25, -0.2) is 4.39 Å². The summed E-state index contributed by atoms with van der Waals surface area (Å²) in [5.41, 5.74) is 0.454. The number of aryl methyl sites for hydroxylation is 2. The third kappa shape index (κ3) is 3.68. The largest absolute Gasteiger partial charge is 0.466 e. The van der Waals surface area contributed by atoms with Crippen LogP contribution in [-0.2, 0) is 5.60 Å². The van der Waals surface area contributed by atoms with Gasteiger partial charge in [0.2, 0.25) is 0 Å². The van der Waals surface area contributed by atoms with Gasteiger partial charge in [-0.3, -0.25) is 4.98 Å². The van der Waals surface area contributed by atoms with E-state index in [1.54, 1.807) is 13.0 Å². The number of nitrogens with zero attached hydrogens (tertiary/aromatic N) is 1. The van der Waals surface area contributed by atoms with E-state index in [4.69, 9.17) is 4.42 Å². The quantitative estimate of drug-likeness (QED) is 0.889. The predicted octanol–water partition coefficient (Wildman–Crippen LogP) is 2.99. The highest BCUT2D eigenvalue weighted by Gasteiger charge is 2.28. The fraction of sp³-hybridized carbons (Fsp3) is 0.438. The molecule has 4 nitrogen and oxygen atoms in total. The van der Waals surface area contributed by atoms with Gasteiger partial charge in [0.25, 0.3) is 0 Å². The van der Waals surface area contributed by atoms with Crippen LogP contribution in [0.3, 0.4) is 0 Å². The molecule has 2 atom stereocenters. The highest BCUT2D eigenvalue weighted by molar-refractivity contribution is 5.27. The van der Waals surface area contributed by atoms with E-state index in [0.717, 1.165) is 17.0 Å². The van der Waals surface area contributed by atoms with Crippen LogP contribution in [0.2, 0.25) is 0 Å². The molecule has 2 aromatic heterocycles. The second-order valence-electron chi connectivity index (χ2n) is 5.60. The summed E-state index contributed by atoms with van der Waals surface area (Å²) in [7, 11) is 0. The van der Waals surface area contributed by atoms with Gasteiger partial charge < -0.3 is 14.8 Å². The standard InChI is InChI=1S/C16H21FN2O2/c1-10-7-14(12(3)21-10)16(4,20)9-19-11(2)15-6-5-13(17)8-18-15/h5-8,11,19-20H,9H2,1-4H3. The van der Waals surface area contributed by atoms with E-state index >= 15 is 0 Å². The molecule has 2 unspecified atom stereocenters. The minimum atomic E-state index is -1.05. The maximum atomic E-state index is 12.9. The number of halogens is 1. The summed E-state index contributed by atoms with van der Waals surface area (Å²) in [5, 5.41) is 13.8. The third-order valence-corrected chi connectivity index (χ3v) is 3.57. The van der Waals surface area contributed by atoms with E-state index < -0.39 is 5.60 Å². The first-order chi connectivity index (χ1) is 9.79. The topological polar surface area (TPSA) is 58.3 Å². The Balaban J connectivity index is 2.04. The average molecular weight is 292 g/mol. The second kappa shape index (κ2) is 5.95. The fourth-order valence-corrected chi connectivity index (χ4v) is 2.36. The molecule has 21 heavy (non-hydrogen) atoms. The van der Waals surface area contributed by atoms with Crippen LogP contribution in [0.25, 0.3) is 0 Å². The molecular weight excluding hydrogens is 271 g/mol. The molecule has 2 heterocycles. The number of pyridine rings is 1. The summed E-state index contributed by atoms with van der Waals surface area (Å²) in [4.78, 5) is 4.04. The van der Waals surface area contributed by atoms with Gasteiger partial charge in [0, 0.05) is 18.2 Å². The molecular formula is C16H21FN2O2. The van der Waals surface area contributed by atoms with Crippen LogP contribution in [0.1, 0.15) is 42.7 Å². The van der Waals surface area contributed by atoms with E-state index in [1.165, 1.54) is 12.3 Å². The summed E-state index contributed by atoms with van der Waals surface area (Å²) in [6.45, 7) is 7.69. The van der Waals surface area contributed by atoms with E-state index in [9.17, 15) is 9.50 Å². The third-order valence-electron chi connectivity index (χ3n) is 3.57. The molecule has 0 bridgehead atoms. The molecule has 0 saturated carbocycles. The maximum Gasteiger partial charge on any atom is 0.141 e. The average Bonchev–Trinajstić information content (AvgIpc) is 2.77. The Morgan fingerprint density at radius 2 is 2.14 bits per heavy atom. The molecule has 2 N–H and O–H groups in total. The Hall–Kier alpha value is -1.72. The molecule has 114 valence electrons. The summed E-state index contributed by atoms with van der Waals surface area (Å²) in [5.74, 6) is 1.13. The van der Waals surface area contributed by atoms with E-state index in [2.05, 4.69) is 10.3 Å². The highest BCUT2D eigenvalue weighted by Crippen LogP contribution is 2.27. The van der Waals surface area contributed by atoms with Gasteiger partial charge in [-0.1, -0.05) is 0 Å². The smallest absolute Gasteiger partial charge is 0.141 e.